The first-order valence-corrected chi connectivity index (χ1v) is 8.06. The van der Waals surface area contributed by atoms with Gasteiger partial charge in [-0.25, -0.2) is 0 Å². The van der Waals surface area contributed by atoms with Gasteiger partial charge in [-0.15, -0.1) is 0 Å². The Morgan fingerprint density at radius 1 is 1.14 bits per heavy atom. The van der Waals surface area contributed by atoms with E-state index in [0.29, 0.717) is 17.9 Å². The van der Waals surface area contributed by atoms with Crippen molar-refractivity contribution in [2.45, 2.75) is 45.6 Å². The molecule has 0 aromatic heterocycles. The average Bonchev–Trinajstić information content (AvgIpc) is 2.48. The Morgan fingerprint density at radius 2 is 1.71 bits per heavy atom. The molecule has 0 aliphatic carbocycles. The molecule has 1 aromatic rings. The average molecular weight is 291 g/mol. The SMILES string of the molecule is CC(C)c1ccc(C(O)CNCC2(C)CCOCC2)cc1. The van der Waals surface area contributed by atoms with Crippen molar-refractivity contribution in [3.8, 4) is 0 Å². The summed E-state index contributed by atoms with van der Waals surface area (Å²) in [6, 6.07) is 8.31. The lowest BCUT2D eigenvalue weighted by molar-refractivity contribution is 0.0227. The number of hydrogen-bond acceptors (Lipinski definition) is 3. The molecule has 3 nitrogen and oxygen atoms in total. The van der Waals surface area contributed by atoms with Gasteiger partial charge in [-0.1, -0.05) is 45.0 Å². The normalized spacial score (nSPS) is 19.7. The first-order chi connectivity index (χ1) is 10.0. The molecule has 2 rings (SSSR count). The van der Waals surface area contributed by atoms with Crippen LogP contribution in [0.5, 0.6) is 0 Å². The number of hydrogen-bond donors (Lipinski definition) is 2. The predicted molar refractivity (Wildman–Crippen MR) is 86.5 cm³/mol. The van der Waals surface area contributed by atoms with Crippen LogP contribution >= 0.6 is 0 Å². The second-order valence-electron chi connectivity index (χ2n) is 6.89. The summed E-state index contributed by atoms with van der Waals surface area (Å²) >= 11 is 0. The number of aliphatic hydroxyl groups is 1. The third-order valence-electron chi connectivity index (χ3n) is 4.58. The van der Waals surface area contributed by atoms with E-state index < -0.39 is 6.10 Å². The molecule has 1 heterocycles. The molecule has 1 saturated heterocycles. The number of benzene rings is 1. The van der Waals surface area contributed by atoms with Crippen LogP contribution in [0.15, 0.2) is 24.3 Å². The lowest BCUT2D eigenvalue weighted by Gasteiger charge is -2.34. The van der Waals surface area contributed by atoms with Crippen molar-refractivity contribution in [2.75, 3.05) is 26.3 Å². The fourth-order valence-corrected chi connectivity index (χ4v) is 2.77. The van der Waals surface area contributed by atoms with E-state index in [1.54, 1.807) is 0 Å². The van der Waals surface area contributed by atoms with E-state index in [4.69, 9.17) is 4.74 Å². The number of aliphatic hydroxyl groups excluding tert-OH is 1. The molecule has 1 aliphatic rings. The summed E-state index contributed by atoms with van der Waals surface area (Å²) in [5.74, 6) is 0.530. The number of nitrogens with one attached hydrogen (secondary N) is 1. The highest BCUT2D eigenvalue weighted by Crippen LogP contribution is 2.28. The van der Waals surface area contributed by atoms with Crippen molar-refractivity contribution in [3.63, 3.8) is 0 Å². The second-order valence-corrected chi connectivity index (χ2v) is 6.89. The van der Waals surface area contributed by atoms with Gasteiger partial charge in [0.1, 0.15) is 0 Å². The summed E-state index contributed by atoms with van der Waals surface area (Å²) in [5, 5.41) is 13.7. The van der Waals surface area contributed by atoms with Crippen LogP contribution in [0, 0.1) is 5.41 Å². The Hall–Kier alpha value is -0.900. The van der Waals surface area contributed by atoms with Crippen LogP contribution in [0.25, 0.3) is 0 Å². The Balaban J connectivity index is 1.79. The molecule has 1 unspecified atom stereocenters. The predicted octanol–water partition coefficient (Wildman–Crippen LogP) is 3.25. The highest BCUT2D eigenvalue weighted by atomic mass is 16.5. The fourth-order valence-electron chi connectivity index (χ4n) is 2.77. The fraction of sp³-hybridized carbons (Fsp3) is 0.667. The molecule has 3 heteroatoms. The first kappa shape index (κ1) is 16.5. The topological polar surface area (TPSA) is 41.5 Å². The van der Waals surface area contributed by atoms with Crippen molar-refractivity contribution in [1.82, 2.24) is 5.32 Å². The van der Waals surface area contributed by atoms with Gasteiger partial charge in [0, 0.05) is 26.3 Å². The number of ether oxygens (including phenoxy) is 1. The third-order valence-corrected chi connectivity index (χ3v) is 4.58. The van der Waals surface area contributed by atoms with Crippen LogP contribution in [0.2, 0.25) is 0 Å². The van der Waals surface area contributed by atoms with Crippen molar-refractivity contribution < 1.29 is 9.84 Å². The first-order valence-electron chi connectivity index (χ1n) is 8.06. The van der Waals surface area contributed by atoms with Crippen LogP contribution in [-0.2, 0) is 4.74 Å². The quantitative estimate of drug-likeness (QED) is 0.845. The van der Waals surface area contributed by atoms with E-state index in [1.807, 2.05) is 12.1 Å². The molecular weight excluding hydrogens is 262 g/mol. The van der Waals surface area contributed by atoms with E-state index in [1.165, 1.54) is 5.56 Å². The van der Waals surface area contributed by atoms with E-state index >= 15 is 0 Å². The zero-order valence-corrected chi connectivity index (χ0v) is 13.6. The lowest BCUT2D eigenvalue weighted by atomic mass is 9.82. The summed E-state index contributed by atoms with van der Waals surface area (Å²) in [5.41, 5.74) is 2.61. The standard InChI is InChI=1S/C18H29NO2/c1-14(2)15-4-6-16(7-5-15)17(20)12-19-13-18(3)8-10-21-11-9-18/h4-7,14,17,19-20H,8-13H2,1-3H3. The summed E-state index contributed by atoms with van der Waals surface area (Å²) in [7, 11) is 0. The van der Waals surface area contributed by atoms with E-state index in [0.717, 1.165) is 38.2 Å². The van der Waals surface area contributed by atoms with Gasteiger partial charge in [0.05, 0.1) is 6.10 Å². The minimum Gasteiger partial charge on any atom is -0.387 e. The maximum absolute atomic E-state index is 10.3. The molecule has 21 heavy (non-hydrogen) atoms. The van der Waals surface area contributed by atoms with Gasteiger partial charge in [0.2, 0.25) is 0 Å². The van der Waals surface area contributed by atoms with Crippen LogP contribution in [-0.4, -0.2) is 31.4 Å². The van der Waals surface area contributed by atoms with Gasteiger partial charge in [0.25, 0.3) is 0 Å². The second kappa shape index (κ2) is 7.39. The minimum atomic E-state index is -0.436. The van der Waals surface area contributed by atoms with Crippen LogP contribution < -0.4 is 5.32 Å². The molecular formula is C18H29NO2. The molecule has 1 atom stereocenters. The van der Waals surface area contributed by atoms with E-state index in [-0.39, 0.29) is 0 Å². The smallest absolute Gasteiger partial charge is 0.0914 e. The van der Waals surface area contributed by atoms with Gasteiger partial charge in [-0.2, -0.15) is 0 Å². The summed E-state index contributed by atoms with van der Waals surface area (Å²) in [6.07, 6.45) is 1.76. The monoisotopic (exact) mass is 291 g/mol. The molecule has 1 aliphatic heterocycles. The Bertz CT molecular complexity index is 421. The molecule has 0 saturated carbocycles. The zero-order chi connectivity index (χ0) is 15.3. The molecule has 0 bridgehead atoms. The summed E-state index contributed by atoms with van der Waals surface area (Å²) in [6.45, 7) is 9.93. The van der Waals surface area contributed by atoms with E-state index in [9.17, 15) is 5.11 Å². The Kier molecular flexibility index (Phi) is 5.80. The largest absolute Gasteiger partial charge is 0.387 e. The lowest BCUT2D eigenvalue weighted by Crippen LogP contribution is -2.38. The van der Waals surface area contributed by atoms with Gasteiger partial charge >= 0.3 is 0 Å². The van der Waals surface area contributed by atoms with Crippen LogP contribution in [0.1, 0.15) is 56.8 Å². The van der Waals surface area contributed by atoms with Crippen LogP contribution in [0.4, 0.5) is 0 Å². The van der Waals surface area contributed by atoms with Crippen molar-refractivity contribution in [1.29, 1.82) is 0 Å². The van der Waals surface area contributed by atoms with Gasteiger partial charge in [-0.3, -0.25) is 0 Å². The Labute approximate surface area is 128 Å². The molecule has 118 valence electrons. The van der Waals surface area contributed by atoms with Gasteiger partial charge in [0.15, 0.2) is 0 Å². The molecule has 2 N–H and O–H groups in total. The summed E-state index contributed by atoms with van der Waals surface area (Å²) < 4.78 is 5.41. The van der Waals surface area contributed by atoms with Crippen molar-refractivity contribution in [2.24, 2.45) is 5.41 Å². The van der Waals surface area contributed by atoms with Gasteiger partial charge < -0.3 is 15.2 Å². The summed E-state index contributed by atoms with van der Waals surface area (Å²) in [4.78, 5) is 0. The number of rotatable bonds is 6. The highest BCUT2D eigenvalue weighted by Gasteiger charge is 2.26. The molecule has 1 fully saturated rings. The third kappa shape index (κ3) is 4.80. The molecule has 1 aromatic carbocycles. The van der Waals surface area contributed by atoms with E-state index in [2.05, 4.69) is 38.2 Å². The Morgan fingerprint density at radius 3 is 2.29 bits per heavy atom. The highest BCUT2D eigenvalue weighted by molar-refractivity contribution is 5.26. The maximum atomic E-state index is 10.3. The van der Waals surface area contributed by atoms with Crippen molar-refractivity contribution >= 4 is 0 Å². The van der Waals surface area contributed by atoms with Crippen LogP contribution in [0.3, 0.4) is 0 Å². The minimum absolute atomic E-state index is 0.305. The molecule has 0 radical (unpaired) electrons. The van der Waals surface area contributed by atoms with Crippen molar-refractivity contribution in [3.05, 3.63) is 35.4 Å². The molecule has 0 amide bonds. The maximum Gasteiger partial charge on any atom is 0.0914 e. The zero-order valence-electron chi connectivity index (χ0n) is 13.6. The molecule has 0 spiro atoms. The van der Waals surface area contributed by atoms with Gasteiger partial charge in [-0.05, 0) is 35.3 Å².